The molecule has 5 nitrogen and oxygen atoms in total. The van der Waals surface area contributed by atoms with E-state index in [9.17, 15) is 0 Å². The fourth-order valence-corrected chi connectivity index (χ4v) is 3.67. The second kappa shape index (κ2) is 8.42. The maximum absolute atomic E-state index is 5.35. The van der Waals surface area contributed by atoms with Crippen LogP contribution in [0, 0.1) is 6.92 Å². The van der Waals surface area contributed by atoms with Crippen LogP contribution in [0.1, 0.15) is 44.9 Å². The Hall–Kier alpha value is -2.56. The highest BCUT2D eigenvalue weighted by atomic mass is 16.5. The van der Waals surface area contributed by atoms with Gasteiger partial charge in [0.2, 0.25) is 0 Å². The molecule has 2 heterocycles. The number of hydrogen-bond donors (Lipinski definition) is 0. The molecule has 0 bridgehead atoms. The van der Waals surface area contributed by atoms with Crippen LogP contribution in [0.5, 0.6) is 5.75 Å². The minimum Gasteiger partial charge on any atom is -0.497 e. The Bertz CT molecular complexity index is 910. The summed E-state index contributed by atoms with van der Waals surface area (Å²) in [5.41, 5.74) is 5.22. The normalized spacial score (nSPS) is 11.1. The summed E-state index contributed by atoms with van der Waals surface area (Å²) in [5, 5.41) is 0. The number of nitrogens with zero attached hydrogens (tertiary/aromatic N) is 4. The van der Waals surface area contributed by atoms with Crippen LogP contribution < -0.4 is 9.64 Å². The largest absolute Gasteiger partial charge is 0.497 e. The Labute approximate surface area is 162 Å². The van der Waals surface area contributed by atoms with Crippen molar-refractivity contribution in [1.29, 1.82) is 0 Å². The van der Waals surface area contributed by atoms with Crippen molar-refractivity contribution < 1.29 is 4.74 Å². The summed E-state index contributed by atoms with van der Waals surface area (Å²) < 4.78 is 7.57. The molecule has 5 heteroatoms. The third-order valence-electron chi connectivity index (χ3n) is 4.90. The van der Waals surface area contributed by atoms with E-state index < -0.39 is 0 Å². The minimum atomic E-state index is 0.860. The van der Waals surface area contributed by atoms with Crippen molar-refractivity contribution in [2.75, 3.05) is 25.1 Å². The molecule has 0 saturated heterocycles. The number of aromatic nitrogens is 3. The first-order chi connectivity index (χ1) is 13.1. The molecule has 0 spiro atoms. The highest BCUT2D eigenvalue weighted by Gasteiger charge is 2.20. The van der Waals surface area contributed by atoms with Gasteiger partial charge < -0.3 is 9.64 Å². The molecule has 0 atom stereocenters. The number of ether oxygens (including phenoxy) is 1. The van der Waals surface area contributed by atoms with Crippen molar-refractivity contribution in [2.45, 2.75) is 47.0 Å². The zero-order valence-corrected chi connectivity index (χ0v) is 17.1. The monoisotopic (exact) mass is 366 g/mol. The molecule has 0 fully saturated rings. The molecule has 0 saturated carbocycles. The Morgan fingerprint density at radius 2 is 1.85 bits per heavy atom. The van der Waals surface area contributed by atoms with Crippen molar-refractivity contribution in [3.8, 4) is 17.0 Å². The third-order valence-corrected chi connectivity index (χ3v) is 4.90. The number of imidazole rings is 1. The molecule has 0 radical (unpaired) electrons. The van der Waals surface area contributed by atoms with Crippen LogP contribution in [0.15, 0.2) is 30.6 Å². The standard InChI is InChI=1S/C22H30N4O/c1-6-12-25(13-7-2)22-19(8-3)24-21-20(23-11-14-26(21)22)18-10-9-17(27-5)15-16(18)4/h9-11,14-15H,6-8,12-13H2,1-5H3. The van der Waals surface area contributed by atoms with Crippen LogP contribution in [-0.2, 0) is 6.42 Å². The van der Waals surface area contributed by atoms with E-state index in [2.05, 4.69) is 43.1 Å². The van der Waals surface area contributed by atoms with Crippen LogP contribution in [0.2, 0.25) is 0 Å². The lowest BCUT2D eigenvalue weighted by atomic mass is 10.1. The first kappa shape index (κ1) is 19.2. The van der Waals surface area contributed by atoms with Crippen LogP contribution in [-0.4, -0.2) is 34.6 Å². The Morgan fingerprint density at radius 1 is 1.11 bits per heavy atom. The van der Waals surface area contributed by atoms with Gasteiger partial charge in [0.25, 0.3) is 0 Å². The molecule has 0 N–H and O–H groups in total. The van der Waals surface area contributed by atoms with Crippen LogP contribution in [0.4, 0.5) is 5.82 Å². The number of rotatable bonds is 8. The van der Waals surface area contributed by atoms with E-state index in [1.54, 1.807) is 7.11 Å². The minimum absolute atomic E-state index is 0.860. The molecule has 0 aliphatic carbocycles. The summed E-state index contributed by atoms with van der Waals surface area (Å²) in [5.74, 6) is 2.07. The number of hydrogen-bond acceptors (Lipinski definition) is 4. The van der Waals surface area contributed by atoms with Gasteiger partial charge in [-0.2, -0.15) is 0 Å². The average molecular weight is 367 g/mol. The van der Waals surface area contributed by atoms with E-state index in [1.165, 1.54) is 5.82 Å². The van der Waals surface area contributed by atoms with E-state index in [0.717, 1.165) is 66.3 Å². The molecule has 2 aromatic heterocycles. The summed E-state index contributed by atoms with van der Waals surface area (Å²) in [7, 11) is 1.69. The predicted octanol–water partition coefficient (Wildman–Crippen LogP) is 4.90. The van der Waals surface area contributed by atoms with Crippen molar-refractivity contribution in [2.24, 2.45) is 0 Å². The smallest absolute Gasteiger partial charge is 0.165 e. The zero-order valence-electron chi connectivity index (χ0n) is 17.1. The van der Waals surface area contributed by atoms with E-state index >= 15 is 0 Å². The highest BCUT2D eigenvalue weighted by Crippen LogP contribution is 2.32. The van der Waals surface area contributed by atoms with E-state index in [4.69, 9.17) is 14.7 Å². The molecule has 3 rings (SSSR count). The molecular formula is C22H30N4O. The fourth-order valence-electron chi connectivity index (χ4n) is 3.67. The quantitative estimate of drug-likeness (QED) is 0.568. The summed E-state index contributed by atoms with van der Waals surface area (Å²) in [6.45, 7) is 10.8. The van der Waals surface area contributed by atoms with Gasteiger partial charge in [0.05, 0.1) is 12.8 Å². The fraction of sp³-hybridized carbons (Fsp3) is 0.455. The van der Waals surface area contributed by atoms with Gasteiger partial charge in [-0.15, -0.1) is 0 Å². The summed E-state index contributed by atoms with van der Waals surface area (Å²) >= 11 is 0. The summed E-state index contributed by atoms with van der Waals surface area (Å²) in [6.07, 6.45) is 7.06. The molecule has 3 aromatic rings. The van der Waals surface area contributed by atoms with Crippen molar-refractivity contribution >= 4 is 11.5 Å². The number of anilines is 1. The van der Waals surface area contributed by atoms with Gasteiger partial charge in [-0.05, 0) is 49.9 Å². The molecule has 0 aliphatic rings. The molecule has 0 amide bonds. The SMILES string of the molecule is CCCN(CCC)c1c(CC)nc2c(-c3ccc(OC)cc3C)nccn12. The van der Waals surface area contributed by atoms with E-state index in [-0.39, 0.29) is 0 Å². The van der Waals surface area contributed by atoms with Crippen molar-refractivity contribution in [3.05, 3.63) is 41.9 Å². The topological polar surface area (TPSA) is 42.7 Å². The molecule has 144 valence electrons. The second-order valence-corrected chi connectivity index (χ2v) is 6.87. The van der Waals surface area contributed by atoms with Crippen LogP contribution in [0.25, 0.3) is 16.9 Å². The van der Waals surface area contributed by atoms with Gasteiger partial charge in [0.1, 0.15) is 17.3 Å². The van der Waals surface area contributed by atoms with Gasteiger partial charge in [0.15, 0.2) is 5.65 Å². The molecule has 0 aliphatic heterocycles. The lowest BCUT2D eigenvalue weighted by Gasteiger charge is -2.24. The van der Waals surface area contributed by atoms with Gasteiger partial charge in [-0.3, -0.25) is 9.38 Å². The van der Waals surface area contributed by atoms with Crippen molar-refractivity contribution in [1.82, 2.24) is 14.4 Å². The highest BCUT2D eigenvalue weighted by molar-refractivity contribution is 5.78. The predicted molar refractivity (Wildman–Crippen MR) is 112 cm³/mol. The maximum atomic E-state index is 5.35. The third kappa shape index (κ3) is 3.64. The van der Waals surface area contributed by atoms with Gasteiger partial charge in [0, 0.05) is 31.0 Å². The number of aryl methyl sites for hydroxylation is 2. The van der Waals surface area contributed by atoms with E-state index in [1.807, 2.05) is 24.5 Å². The summed E-state index contributed by atoms with van der Waals surface area (Å²) in [6, 6.07) is 6.11. The van der Waals surface area contributed by atoms with Crippen molar-refractivity contribution in [3.63, 3.8) is 0 Å². The van der Waals surface area contributed by atoms with E-state index in [0.29, 0.717) is 0 Å². The number of methoxy groups -OCH3 is 1. The lowest BCUT2D eigenvalue weighted by molar-refractivity contribution is 0.414. The van der Waals surface area contributed by atoms with Gasteiger partial charge in [-0.25, -0.2) is 4.98 Å². The Balaban J connectivity index is 2.20. The lowest BCUT2D eigenvalue weighted by Crippen LogP contribution is -2.27. The molecule has 27 heavy (non-hydrogen) atoms. The Kier molecular flexibility index (Phi) is 5.99. The van der Waals surface area contributed by atoms with Gasteiger partial charge >= 0.3 is 0 Å². The number of fused-ring (bicyclic) bond motifs is 1. The average Bonchev–Trinajstić information content (AvgIpc) is 3.06. The van der Waals surface area contributed by atoms with Gasteiger partial charge in [-0.1, -0.05) is 20.8 Å². The Morgan fingerprint density at radius 3 is 2.44 bits per heavy atom. The first-order valence-electron chi connectivity index (χ1n) is 9.90. The second-order valence-electron chi connectivity index (χ2n) is 6.87. The molecule has 1 aromatic carbocycles. The van der Waals surface area contributed by atoms with Crippen LogP contribution >= 0.6 is 0 Å². The number of benzene rings is 1. The molecular weight excluding hydrogens is 336 g/mol. The maximum Gasteiger partial charge on any atom is 0.165 e. The first-order valence-corrected chi connectivity index (χ1v) is 9.90. The summed E-state index contributed by atoms with van der Waals surface area (Å²) in [4.78, 5) is 12.2. The molecule has 0 unspecified atom stereocenters. The zero-order chi connectivity index (χ0) is 19.4. The van der Waals surface area contributed by atoms with Crippen LogP contribution in [0.3, 0.4) is 0 Å².